The lowest BCUT2D eigenvalue weighted by Gasteiger charge is -2.60. The number of carbonyl (C=O) groups excluding carboxylic acids is 2. The van der Waals surface area contributed by atoms with Gasteiger partial charge in [-0.1, -0.05) is 66.5 Å². The van der Waals surface area contributed by atoms with E-state index in [9.17, 15) is 25.1 Å². The Hall–Kier alpha value is -7.01. The number of nitro groups is 1. The number of rotatable bonds is 22. The molecule has 1 fully saturated rings. The minimum absolute atomic E-state index is 0.0246. The summed E-state index contributed by atoms with van der Waals surface area (Å²) in [6.45, 7) is 6.68. The Morgan fingerprint density at radius 1 is 0.943 bits per heavy atom. The number of non-ortho nitro benzene ring substituents is 1. The van der Waals surface area contributed by atoms with Crippen LogP contribution < -0.4 is 24.3 Å². The van der Waals surface area contributed by atoms with Crippen molar-refractivity contribution in [1.82, 2.24) is 10.2 Å². The first-order valence-corrected chi connectivity index (χ1v) is 24.0. The smallest absolute Gasteiger partial charge is 0.412 e. The third-order valence-corrected chi connectivity index (χ3v) is 13.4. The van der Waals surface area contributed by atoms with E-state index in [1.165, 1.54) is 18.2 Å². The fraction of sp³-hybridized carbons (Fsp3) is 0.389. The zero-order valence-corrected chi connectivity index (χ0v) is 39.3. The summed E-state index contributed by atoms with van der Waals surface area (Å²) in [6.07, 6.45) is 10.6. The number of allylic oxidation sites excluding steroid dienone is 1. The van der Waals surface area contributed by atoms with E-state index in [1.54, 1.807) is 47.4 Å². The molecule has 0 saturated heterocycles. The van der Waals surface area contributed by atoms with Crippen LogP contribution in [0.3, 0.4) is 0 Å². The van der Waals surface area contributed by atoms with Crippen molar-refractivity contribution in [2.75, 3.05) is 33.2 Å². The molecular formula is C54H60N4O12. The van der Waals surface area contributed by atoms with Crippen molar-refractivity contribution in [2.24, 2.45) is 22.9 Å². The molecule has 16 heteroatoms. The van der Waals surface area contributed by atoms with Crippen LogP contribution in [-0.4, -0.2) is 82.8 Å². The molecule has 16 nitrogen and oxygen atoms in total. The van der Waals surface area contributed by atoms with Crippen molar-refractivity contribution in [1.29, 1.82) is 0 Å². The fourth-order valence-electron chi connectivity index (χ4n) is 10.3. The molecule has 368 valence electrons. The third-order valence-electron chi connectivity index (χ3n) is 13.4. The number of oxime groups is 1. The van der Waals surface area contributed by atoms with Gasteiger partial charge in [0.1, 0.15) is 24.1 Å². The van der Waals surface area contributed by atoms with Gasteiger partial charge in [-0.2, -0.15) is 0 Å². The molecule has 4 aromatic rings. The van der Waals surface area contributed by atoms with Crippen molar-refractivity contribution in [3.8, 4) is 23.0 Å². The summed E-state index contributed by atoms with van der Waals surface area (Å²) in [5.74, 6) is -1.19. The van der Waals surface area contributed by atoms with Crippen molar-refractivity contribution in [2.45, 2.75) is 82.7 Å². The van der Waals surface area contributed by atoms with Gasteiger partial charge in [-0.15, -0.1) is 6.58 Å². The summed E-state index contributed by atoms with van der Waals surface area (Å²) in [7, 11) is 0. The second kappa shape index (κ2) is 23.1. The van der Waals surface area contributed by atoms with Gasteiger partial charge < -0.3 is 49.0 Å². The van der Waals surface area contributed by atoms with Crippen molar-refractivity contribution in [3.05, 3.63) is 154 Å². The maximum Gasteiger partial charge on any atom is 0.412 e. The minimum Gasteiger partial charge on any atom is -0.459 e. The number of aliphatic hydroxyl groups is 2. The van der Waals surface area contributed by atoms with Crippen LogP contribution in [0.4, 0.5) is 10.5 Å². The van der Waals surface area contributed by atoms with Crippen LogP contribution in [0.5, 0.6) is 23.0 Å². The standard InChI is InChI=1S/C54H60N4O12/c1-3-28-67-54-49(57(34-38-18-23-47-48(29-38)66-35-65-47)50(61)25-19-36-16-20-40(21-17-36)58(63)64)32-45(56-68-4-2)43-30-39(14-8-10-26-59)42(15-9-11-27-60)51(52(43)54)44-31-41(22-24-46(44)70-54)69-53(62)55-33-37-12-6-5-7-13-37/h3,5-7,12-13,16-25,29-31,39,42,49,51-52,59-60H,1,4,8-11,14-15,26-28,32-35H2,2H3,(H,55,62). The largest absolute Gasteiger partial charge is 0.459 e. The van der Waals surface area contributed by atoms with E-state index in [-0.39, 0.29) is 76.2 Å². The Labute approximate surface area is 407 Å². The van der Waals surface area contributed by atoms with Gasteiger partial charge in [-0.05, 0) is 115 Å². The number of nitrogens with one attached hydrogen (secondary N) is 1. The number of carbonyl (C=O) groups is 2. The Balaban J connectivity index is 1.29. The fourth-order valence-corrected chi connectivity index (χ4v) is 10.3. The highest BCUT2D eigenvalue weighted by Crippen LogP contribution is 2.62. The maximum absolute atomic E-state index is 15.2. The van der Waals surface area contributed by atoms with Crippen molar-refractivity contribution < 1.29 is 53.2 Å². The van der Waals surface area contributed by atoms with Gasteiger partial charge in [-0.25, -0.2) is 4.79 Å². The average molecular weight is 957 g/mol. The highest BCUT2D eigenvalue weighted by molar-refractivity contribution is 6.03. The molecule has 0 aromatic heterocycles. The maximum atomic E-state index is 15.2. The number of unbranched alkanes of at least 4 members (excludes halogenated alkanes) is 2. The summed E-state index contributed by atoms with van der Waals surface area (Å²) >= 11 is 0. The van der Waals surface area contributed by atoms with Crippen LogP contribution in [0.15, 0.2) is 127 Å². The molecule has 3 N–H and O–H groups in total. The molecule has 8 rings (SSSR count). The molecule has 0 bridgehead atoms. The molecule has 2 aliphatic carbocycles. The summed E-state index contributed by atoms with van der Waals surface area (Å²) in [4.78, 5) is 47.2. The molecule has 6 unspecified atom stereocenters. The molecule has 1 saturated carbocycles. The number of ether oxygens (including phenoxy) is 5. The Kier molecular flexibility index (Phi) is 16.3. The van der Waals surface area contributed by atoms with Gasteiger partial charge in [0.15, 0.2) is 11.5 Å². The number of hydrogen-bond donors (Lipinski definition) is 3. The number of fused-ring (bicyclic) bond motifs is 3. The second-order valence-electron chi connectivity index (χ2n) is 17.8. The monoisotopic (exact) mass is 956 g/mol. The molecule has 4 aliphatic rings. The quantitative estimate of drug-likeness (QED) is 0.0222. The van der Waals surface area contributed by atoms with E-state index >= 15 is 4.79 Å². The normalized spacial score (nSPS) is 22.3. The van der Waals surface area contributed by atoms with Crippen molar-refractivity contribution >= 4 is 29.5 Å². The topological polar surface area (TPSA) is 201 Å². The number of hydrogen-bond acceptors (Lipinski definition) is 13. The van der Waals surface area contributed by atoms with Crippen LogP contribution in [0, 0.1) is 27.9 Å². The van der Waals surface area contributed by atoms with Gasteiger partial charge in [-0.3, -0.25) is 14.9 Å². The molecule has 2 aliphatic heterocycles. The Bertz CT molecular complexity index is 2580. The van der Waals surface area contributed by atoms with E-state index in [0.29, 0.717) is 60.0 Å². The van der Waals surface area contributed by atoms with E-state index in [0.717, 1.165) is 35.1 Å². The van der Waals surface area contributed by atoms with Crippen LogP contribution in [-0.2, 0) is 27.5 Å². The molecule has 2 heterocycles. The lowest BCUT2D eigenvalue weighted by atomic mass is 9.55. The summed E-state index contributed by atoms with van der Waals surface area (Å²) < 4.78 is 31.9. The van der Waals surface area contributed by atoms with E-state index in [2.05, 4.69) is 18.0 Å². The number of benzene rings is 4. The zero-order valence-electron chi connectivity index (χ0n) is 39.3. The number of amides is 2. The first-order valence-electron chi connectivity index (χ1n) is 24.0. The first-order chi connectivity index (χ1) is 34.2. The second-order valence-corrected chi connectivity index (χ2v) is 17.8. The average Bonchev–Trinajstić information content (AvgIpc) is 3.85. The summed E-state index contributed by atoms with van der Waals surface area (Å²) in [6, 6.07) is 25.4. The molecule has 70 heavy (non-hydrogen) atoms. The van der Waals surface area contributed by atoms with Gasteiger partial charge in [0.05, 0.1) is 23.2 Å². The lowest BCUT2D eigenvalue weighted by Crippen LogP contribution is -2.70. The van der Waals surface area contributed by atoms with Gasteiger partial charge in [0.25, 0.3) is 5.69 Å². The van der Waals surface area contributed by atoms with Crippen LogP contribution in [0.1, 0.15) is 80.0 Å². The van der Waals surface area contributed by atoms with Gasteiger partial charge in [0.2, 0.25) is 18.5 Å². The zero-order chi connectivity index (χ0) is 49.0. The van der Waals surface area contributed by atoms with E-state index in [1.807, 2.05) is 55.5 Å². The predicted octanol–water partition coefficient (Wildman–Crippen LogP) is 9.01. The number of aliphatic hydroxyl groups excluding tert-OH is 2. The van der Waals surface area contributed by atoms with Crippen LogP contribution in [0.25, 0.3) is 6.08 Å². The minimum atomic E-state index is -1.59. The van der Waals surface area contributed by atoms with Gasteiger partial charge in [0, 0.05) is 62.4 Å². The third kappa shape index (κ3) is 11.0. The highest BCUT2D eigenvalue weighted by atomic mass is 16.7. The molecular weight excluding hydrogens is 897 g/mol. The molecule has 4 aromatic carbocycles. The number of nitrogens with zero attached hydrogens (tertiary/aromatic N) is 3. The number of nitro benzene ring substituents is 1. The predicted molar refractivity (Wildman–Crippen MR) is 261 cm³/mol. The SMILES string of the molecule is C=CCOC12Oc3ccc(OC(=O)NCc4ccccc4)cc3C3C(CCCCO)C(CCCCO)C=C(C(=NOCC)CC1N(Cc1ccc4c(c1)OCO4)C(=O)C=Cc1ccc([N+](=O)[O-])cc1)C32. The van der Waals surface area contributed by atoms with Crippen LogP contribution in [0.2, 0.25) is 0 Å². The van der Waals surface area contributed by atoms with E-state index in [4.69, 9.17) is 33.7 Å². The molecule has 0 spiro atoms. The lowest BCUT2D eigenvalue weighted by molar-refractivity contribution is -0.384. The Morgan fingerprint density at radius 2 is 1.70 bits per heavy atom. The summed E-state index contributed by atoms with van der Waals surface area (Å²) in [5.41, 5.74) is 4.40. The van der Waals surface area contributed by atoms with Gasteiger partial charge >= 0.3 is 6.09 Å². The highest BCUT2D eigenvalue weighted by Gasteiger charge is 2.65. The summed E-state index contributed by atoms with van der Waals surface area (Å²) in [5, 5.41) is 39.1. The molecule has 2 amide bonds. The molecule has 0 radical (unpaired) electrons. The van der Waals surface area contributed by atoms with Crippen LogP contribution >= 0.6 is 0 Å². The first kappa shape index (κ1) is 49.4. The molecule has 6 atom stereocenters. The van der Waals surface area contributed by atoms with E-state index < -0.39 is 34.7 Å². The van der Waals surface area contributed by atoms with Crippen molar-refractivity contribution in [3.63, 3.8) is 0 Å². The Morgan fingerprint density at radius 3 is 2.44 bits per heavy atom.